The first-order valence-corrected chi connectivity index (χ1v) is 8.39. The second kappa shape index (κ2) is 8.57. The van der Waals surface area contributed by atoms with Gasteiger partial charge in [-0.1, -0.05) is 13.3 Å². The summed E-state index contributed by atoms with van der Waals surface area (Å²) in [5.41, 5.74) is 0.487. The molecule has 0 aliphatic carbocycles. The van der Waals surface area contributed by atoms with Gasteiger partial charge in [0.1, 0.15) is 0 Å². The van der Waals surface area contributed by atoms with Crippen molar-refractivity contribution >= 4 is 11.9 Å². The van der Waals surface area contributed by atoms with Crippen molar-refractivity contribution in [2.45, 2.75) is 32.6 Å². The molecule has 1 aliphatic rings. The number of hydrogen-bond donors (Lipinski definition) is 1. The molecule has 1 aliphatic heterocycles. The van der Waals surface area contributed by atoms with Gasteiger partial charge < -0.3 is 19.5 Å². The van der Waals surface area contributed by atoms with E-state index < -0.39 is 11.9 Å². The summed E-state index contributed by atoms with van der Waals surface area (Å²) in [6, 6.07) is 5.10. The number of piperidine rings is 1. The minimum absolute atomic E-state index is 0.167. The first kappa shape index (κ1) is 18.1. The quantitative estimate of drug-likeness (QED) is 0.776. The number of benzene rings is 1. The number of carbonyl (C=O) groups is 2. The van der Waals surface area contributed by atoms with Gasteiger partial charge in [-0.2, -0.15) is 0 Å². The maximum atomic E-state index is 12.6. The number of hydrogen-bond acceptors (Lipinski definition) is 4. The van der Waals surface area contributed by atoms with Crippen molar-refractivity contribution in [2.75, 3.05) is 26.8 Å². The first-order chi connectivity index (χ1) is 11.6. The van der Waals surface area contributed by atoms with Gasteiger partial charge in [-0.05, 0) is 37.5 Å². The van der Waals surface area contributed by atoms with Gasteiger partial charge in [0.25, 0.3) is 5.91 Å². The molecule has 132 valence electrons. The summed E-state index contributed by atoms with van der Waals surface area (Å²) in [6.07, 6.45) is 3.32. The first-order valence-electron chi connectivity index (χ1n) is 8.39. The van der Waals surface area contributed by atoms with Gasteiger partial charge in [0.15, 0.2) is 11.5 Å². The van der Waals surface area contributed by atoms with Gasteiger partial charge in [-0.25, -0.2) is 0 Å². The summed E-state index contributed by atoms with van der Waals surface area (Å²) in [7, 11) is 1.54. The number of carboxylic acids is 1. The van der Waals surface area contributed by atoms with E-state index in [4.69, 9.17) is 14.6 Å². The molecule has 1 heterocycles. The third-order valence-corrected chi connectivity index (χ3v) is 4.22. The number of aliphatic carboxylic acids is 1. The van der Waals surface area contributed by atoms with Crippen LogP contribution in [0.1, 0.15) is 43.0 Å². The number of carboxylic acid groups (broad SMARTS) is 1. The van der Waals surface area contributed by atoms with Crippen LogP contribution >= 0.6 is 0 Å². The summed E-state index contributed by atoms with van der Waals surface area (Å²) < 4.78 is 11.0. The zero-order chi connectivity index (χ0) is 17.5. The highest BCUT2D eigenvalue weighted by molar-refractivity contribution is 5.95. The number of methoxy groups -OCH3 is 1. The molecule has 0 saturated carbocycles. The SMILES string of the molecule is CCCCOc1ccc(C(=O)N2CCC[C@H](C(=O)O)C2)cc1OC. The fourth-order valence-corrected chi connectivity index (χ4v) is 2.79. The highest BCUT2D eigenvalue weighted by Gasteiger charge is 2.29. The molecule has 2 rings (SSSR count). The molecule has 1 fully saturated rings. The topological polar surface area (TPSA) is 76.1 Å². The zero-order valence-electron chi connectivity index (χ0n) is 14.3. The fourth-order valence-electron chi connectivity index (χ4n) is 2.79. The third kappa shape index (κ3) is 4.40. The highest BCUT2D eigenvalue weighted by atomic mass is 16.5. The van der Waals surface area contributed by atoms with E-state index in [1.54, 1.807) is 23.1 Å². The summed E-state index contributed by atoms with van der Waals surface area (Å²) in [5.74, 6) is -0.362. The van der Waals surface area contributed by atoms with E-state index in [0.717, 1.165) is 12.8 Å². The molecule has 1 atom stereocenters. The van der Waals surface area contributed by atoms with Gasteiger partial charge in [0, 0.05) is 18.7 Å². The maximum absolute atomic E-state index is 12.6. The molecule has 0 aromatic heterocycles. The largest absolute Gasteiger partial charge is 0.493 e. The molecular formula is C18H25NO5. The molecule has 1 aromatic carbocycles. The van der Waals surface area contributed by atoms with E-state index in [2.05, 4.69) is 6.92 Å². The number of carbonyl (C=O) groups excluding carboxylic acids is 1. The Kier molecular flexibility index (Phi) is 6.46. The molecule has 1 N–H and O–H groups in total. The molecule has 6 nitrogen and oxygen atoms in total. The number of nitrogens with zero attached hydrogens (tertiary/aromatic N) is 1. The van der Waals surface area contributed by atoms with Crippen LogP contribution in [0.5, 0.6) is 11.5 Å². The van der Waals surface area contributed by atoms with Crippen molar-refractivity contribution in [3.63, 3.8) is 0 Å². The van der Waals surface area contributed by atoms with Gasteiger partial charge in [-0.3, -0.25) is 9.59 Å². The summed E-state index contributed by atoms with van der Waals surface area (Å²) >= 11 is 0. The summed E-state index contributed by atoms with van der Waals surface area (Å²) in [4.78, 5) is 25.4. The van der Waals surface area contributed by atoms with Gasteiger partial charge in [0.2, 0.25) is 0 Å². The van der Waals surface area contributed by atoms with Crippen LogP contribution in [0.3, 0.4) is 0 Å². The average Bonchev–Trinajstić information content (AvgIpc) is 2.61. The predicted octanol–water partition coefficient (Wildman–Crippen LogP) is 2.81. The van der Waals surface area contributed by atoms with Crippen molar-refractivity contribution in [3.8, 4) is 11.5 Å². The van der Waals surface area contributed by atoms with Crippen LogP contribution in [-0.4, -0.2) is 48.7 Å². The lowest BCUT2D eigenvalue weighted by Gasteiger charge is -2.30. The number of unbranched alkanes of at least 4 members (excludes halogenated alkanes) is 1. The predicted molar refractivity (Wildman–Crippen MR) is 89.7 cm³/mol. The molecule has 1 amide bonds. The molecule has 1 aromatic rings. The minimum Gasteiger partial charge on any atom is -0.493 e. The molecule has 0 bridgehead atoms. The van der Waals surface area contributed by atoms with Gasteiger partial charge >= 0.3 is 5.97 Å². The standard InChI is InChI=1S/C18H25NO5/c1-3-4-10-24-15-8-7-13(11-16(15)23-2)17(20)19-9-5-6-14(12-19)18(21)22/h7-8,11,14H,3-6,9-10,12H2,1-2H3,(H,21,22)/t14-/m0/s1. The van der Waals surface area contributed by atoms with Crippen molar-refractivity contribution < 1.29 is 24.2 Å². The van der Waals surface area contributed by atoms with Crippen LogP contribution < -0.4 is 9.47 Å². The lowest BCUT2D eigenvalue weighted by atomic mass is 9.97. The Bertz CT molecular complexity index is 587. The summed E-state index contributed by atoms with van der Waals surface area (Å²) in [6.45, 7) is 3.53. The Morgan fingerprint density at radius 2 is 2.12 bits per heavy atom. The lowest BCUT2D eigenvalue weighted by molar-refractivity contribution is -0.143. The minimum atomic E-state index is -0.843. The van der Waals surface area contributed by atoms with E-state index in [1.807, 2.05) is 0 Å². The molecule has 24 heavy (non-hydrogen) atoms. The number of amides is 1. The van der Waals surface area contributed by atoms with Crippen molar-refractivity contribution in [2.24, 2.45) is 5.92 Å². The van der Waals surface area contributed by atoms with Gasteiger partial charge in [0.05, 0.1) is 19.6 Å². The zero-order valence-corrected chi connectivity index (χ0v) is 14.3. The Morgan fingerprint density at radius 1 is 1.33 bits per heavy atom. The third-order valence-electron chi connectivity index (χ3n) is 4.22. The average molecular weight is 335 g/mol. The second-order valence-corrected chi connectivity index (χ2v) is 6.00. The molecular weight excluding hydrogens is 310 g/mol. The van der Waals surface area contributed by atoms with Crippen LogP contribution in [-0.2, 0) is 4.79 Å². The normalized spacial score (nSPS) is 17.4. The fraction of sp³-hybridized carbons (Fsp3) is 0.556. The van der Waals surface area contributed by atoms with Crippen molar-refractivity contribution in [1.29, 1.82) is 0 Å². The number of ether oxygens (including phenoxy) is 2. The Hall–Kier alpha value is -2.24. The van der Waals surface area contributed by atoms with Crippen molar-refractivity contribution in [3.05, 3.63) is 23.8 Å². The molecule has 0 radical (unpaired) electrons. The van der Waals surface area contributed by atoms with Crippen LogP contribution in [0.4, 0.5) is 0 Å². The number of likely N-dealkylation sites (tertiary alicyclic amines) is 1. The monoisotopic (exact) mass is 335 g/mol. The molecule has 1 saturated heterocycles. The smallest absolute Gasteiger partial charge is 0.308 e. The van der Waals surface area contributed by atoms with E-state index in [-0.39, 0.29) is 12.5 Å². The van der Waals surface area contributed by atoms with Crippen LogP contribution in [0.2, 0.25) is 0 Å². The summed E-state index contributed by atoms with van der Waals surface area (Å²) in [5, 5.41) is 9.16. The van der Waals surface area contributed by atoms with Gasteiger partial charge in [-0.15, -0.1) is 0 Å². The number of rotatable bonds is 7. The highest BCUT2D eigenvalue weighted by Crippen LogP contribution is 2.29. The molecule has 0 spiro atoms. The Labute approximate surface area is 142 Å². The van der Waals surface area contributed by atoms with Crippen LogP contribution in [0.25, 0.3) is 0 Å². The molecule has 0 unspecified atom stereocenters. The lowest BCUT2D eigenvalue weighted by Crippen LogP contribution is -2.42. The van der Waals surface area contributed by atoms with Crippen LogP contribution in [0, 0.1) is 5.92 Å². The van der Waals surface area contributed by atoms with E-state index in [0.29, 0.717) is 43.1 Å². The van der Waals surface area contributed by atoms with Crippen molar-refractivity contribution in [1.82, 2.24) is 4.90 Å². The van der Waals surface area contributed by atoms with E-state index in [1.165, 1.54) is 7.11 Å². The Balaban J connectivity index is 2.10. The van der Waals surface area contributed by atoms with E-state index >= 15 is 0 Å². The molecule has 6 heteroatoms. The maximum Gasteiger partial charge on any atom is 0.308 e. The van der Waals surface area contributed by atoms with E-state index in [9.17, 15) is 9.59 Å². The Morgan fingerprint density at radius 3 is 2.79 bits per heavy atom. The van der Waals surface area contributed by atoms with Crippen LogP contribution in [0.15, 0.2) is 18.2 Å². The second-order valence-electron chi connectivity index (χ2n) is 6.00.